The first-order chi connectivity index (χ1) is 12.6. The zero-order chi connectivity index (χ0) is 20.7. The van der Waals surface area contributed by atoms with Crippen molar-refractivity contribution in [3.63, 3.8) is 0 Å². The van der Waals surface area contributed by atoms with Crippen molar-refractivity contribution in [1.82, 2.24) is 4.90 Å². The molecule has 0 bridgehead atoms. The Balaban J connectivity index is 3.40. The van der Waals surface area contributed by atoms with Gasteiger partial charge in [-0.25, -0.2) is 0 Å². The first kappa shape index (κ1) is 24.1. The molecule has 0 N–H and O–H groups in total. The van der Waals surface area contributed by atoms with Gasteiger partial charge in [-0.3, -0.25) is 0 Å². The van der Waals surface area contributed by atoms with Gasteiger partial charge in [0.1, 0.15) is 0 Å². The van der Waals surface area contributed by atoms with Crippen molar-refractivity contribution in [2.24, 2.45) is 10.8 Å². The number of unbranched alkanes of at least 4 members (excludes halogenated alkanes) is 1. The zero-order valence-electron chi connectivity index (χ0n) is 19.6. The third-order valence-corrected chi connectivity index (χ3v) is 6.90. The molecule has 0 saturated carbocycles. The summed E-state index contributed by atoms with van der Waals surface area (Å²) in [6.45, 7) is 24.2. The van der Waals surface area contributed by atoms with E-state index in [1.807, 2.05) is 0 Å². The molecule has 0 radical (unpaired) electrons. The molecular weight excluding hydrogens is 326 g/mol. The van der Waals surface area contributed by atoms with Gasteiger partial charge in [0.25, 0.3) is 0 Å². The predicted octanol–water partition coefficient (Wildman–Crippen LogP) is 8.29. The van der Waals surface area contributed by atoms with Gasteiger partial charge in [-0.2, -0.15) is 0 Å². The largest absolute Gasteiger partial charge is 0.374 e. The lowest BCUT2D eigenvalue weighted by atomic mass is 9.70. The summed E-state index contributed by atoms with van der Waals surface area (Å²) >= 11 is 0. The maximum atomic E-state index is 4.63. The Labute approximate surface area is 171 Å². The van der Waals surface area contributed by atoms with E-state index in [4.69, 9.17) is 0 Å². The normalized spacial score (nSPS) is 21.4. The molecular formula is C26H47N. The van der Waals surface area contributed by atoms with Crippen LogP contribution in [0.4, 0.5) is 0 Å². The summed E-state index contributed by atoms with van der Waals surface area (Å²) in [5.74, 6) is 0. The number of hydrogen-bond acceptors (Lipinski definition) is 1. The average molecular weight is 374 g/mol. The monoisotopic (exact) mass is 373 g/mol. The molecule has 1 atom stereocenters. The van der Waals surface area contributed by atoms with E-state index in [0.717, 1.165) is 19.4 Å². The Hall–Kier alpha value is -0.980. The van der Waals surface area contributed by atoms with E-state index in [9.17, 15) is 0 Å². The lowest BCUT2D eigenvalue weighted by molar-refractivity contribution is 0.210. The van der Waals surface area contributed by atoms with E-state index in [1.54, 1.807) is 0 Å². The molecule has 156 valence electrons. The van der Waals surface area contributed by atoms with Gasteiger partial charge >= 0.3 is 0 Å². The first-order valence-corrected chi connectivity index (χ1v) is 11.5. The van der Waals surface area contributed by atoms with Crippen molar-refractivity contribution in [2.75, 3.05) is 13.6 Å². The topological polar surface area (TPSA) is 3.24 Å². The van der Waals surface area contributed by atoms with E-state index in [-0.39, 0.29) is 0 Å². The fourth-order valence-corrected chi connectivity index (χ4v) is 4.69. The third-order valence-electron chi connectivity index (χ3n) is 6.90. The molecule has 1 heteroatoms. The van der Waals surface area contributed by atoms with Crippen molar-refractivity contribution >= 4 is 0 Å². The Morgan fingerprint density at radius 2 is 1.78 bits per heavy atom. The number of rotatable bonds is 11. The van der Waals surface area contributed by atoms with Gasteiger partial charge in [-0.05, 0) is 73.0 Å². The quantitative estimate of drug-likeness (QED) is 0.352. The Bertz CT molecular complexity index is 536. The second-order valence-corrected chi connectivity index (χ2v) is 9.77. The van der Waals surface area contributed by atoms with Crippen molar-refractivity contribution in [3.05, 3.63) is 35.6 Å². The van der Waals surface area contributed by atoms with Crippen molar-refractivity contribution in [3.8, 4) is 0 Å². The van der Waals surface area contributed by atoms with Crippen LogP contribution in [0.25, 0.3) is 0 Å². The van der Waals surface area contributed by atoms with Crippen LogP contribution in [-0.2, 0) is 0 Å². The molecule has 0 amide bonds. The van der Waals surface area contributed by atoms with Crippen molar-refractivity contribution in [2.45, 2.75) is 106 Å². The second kappa shape index (κ2) is 10.5. The minimum Gasteiger partial charge on any atom is -0.374 e. The summed E-state index contributed by atoms with van der Waals surface area (Å²) in [4.78, 5) is 2.42. The summed E-state index contributed by atoms with van der Waals surface area (Å²) in [7, 11) is 2.23. The van der Waals surface area contributed by atoms with Crippen LogP contribution in [0.1, 0.15) is 106 Å². The number of likely N-dealkylation sites (N-methyl/N-ethyl adjacent to an activating group) is 1. The standard InChI is InChI=1S/C26H47N/c1-10-14-17-26(16-11-2)18-15-21(5)24(27(9)13-4)23(20-26)22(6)19-25(7,8)12-3/h5-6,10-20H2,1-4,7-9H3. The van der Waals surface area contributed by atoms with E-state index in [0.29, 0.717) is 10.8 Å². The van der Waals surface area contributed by atoms with E-state index >= 15 is 0 Å². The molecule has 27 heavy (non-hydrogen) atoms. The second-order valence-electron chi connectivity index (χ2n) is 9.77. The molecule has 0 aliphatic heterocycles. The predicted molar refractivity (Wildman–Crippen MR) is 123 cm³/mol. The summed E-state index contributed by atoms with van der Waals surface area (Å²) in [5.41, 5.74) is 6.36. The fraction of sp³-hybridized carbons (Fsp3) is 0.769. The van der Waals surface area contributed by atoms with E-state index < -0.39 is 0 Å². The van der Waals surface area contributed by atoms with Crippen LogP contribution in [0, 0.1) is 10.8 Å². The SMILES string of the molecule is C=C(CC(C)(C)CC)C1=C(N(C)CC)C(=C)CCC(CCC)(CCCC)C1. The van der Waals surface area contributed by atoms with Gasteiger partial charge in [0.05, 0.1) is 0 Å². The van der Waals surface area contributed by atoms with Crippen LogP contribution in [0.2, 0.25) is 0 Å². The maximum Gasteiger partial charge on any atom is 0.0425 e. The molecule has 1 aliphatic carbocycles. The van der Waals surface area contributed by atoms with Gasteiger partial charge < -0.3 is 4.90 Å². The van der Waals surface area contributed by atoms with Gasteiger partial charge in [0.2, 0.25) is 0 Å². The molecule has 1 aliphatic rings. The average Bonchev–Trinajstić information content (AvgIpc) is 2.77. The molecule has 0 saturated heterocycles. The minimum atomic E-state index is 0.310. The lowest BCUT2D eigenvalue weighted by Gasteiger charge is -2.36. The van der Waals surface area contributed by atoms with E-state index in [1.165, 1.54) is 73.8 Å². The number of nitrogens with zero attached hydrogens (tertiary/aromatic N) is 1. The fourth-order valence-electron chi connectivity index (χ4n) is 4.69. The van der Waals surface area contributed by atoms with Gasteiger partial charge in [0, 0.05) is 19.3 Å². The minimum absolute atomic E-state index is 0.310. The number of hydrogen-bond donors (Lipinski definition) is 0. The summed E-state index contributed by atoms with van der Waals surface area (Å²) in [5, 5.41) is 0. The zero-order valence-corrected chi connectivity index (χ0v) is 19.6. The van der Waals surface area contributed by atoms with Crippen LogP contribution in [0.5, 0.6) is 0 Å². The molecule has 1 nitrogen and oxygen atoms in total. The van der Waals surface area contributed by atoms with Crippen LogP contribution in [0.3, 0.4) is 0 Å². The van der Waals surface area contributed by atoms with Crippen LogP contribution >= 0.6 is 0 Å². The molecule has 0 aromatic rings. The molecule has 1 unspecified atom stereocenters. The summed E-state index contributed by atoms with van der Waals surface area (Å²) < 4.78 is 0. The van der Waals surface area contributed by atoms with Crippen LogP contribution in [-0.4, -0.2) is 18.5 Å². The molecule has 0 heterocycles. The van der Waals surface area contributed by atoms with Gasteiger partial charge in [-0.15, -0.1) is 0 Å². The Morgan fingerprint density at radius 3 is 2.30 bits per heavy atom. The Kier molecular flexibility index (Phi) is 9.39. The molecule has 0 aromatic carbocycles. The first-order valence-electron chi connectivity index (χ1n) is 11.5. The third kappa shape index (κ3) is 6.54. The smallest absolute Gasteiger partial charge is 0.0425 e. The Morgan fingerprint density at radius 1 is 1.11 bits per heavy atom. The number of allylic oxidation sites excluding steroid dienone is 3. The summed E-state index contributed by atoms with van der Waals surface area (Å²) in [6.07, 6.45) is 12.5. The van der Waals surface area contributed by atoms with E-state index in [2.05, 4.69) is 66.6 Å². The van der Waals surface area contributed by atoms with Gasteiger partial charge in [0.15, 0.2) is 0 Å². The van der Waals surface area contributed by atoms with Crippen LogP contribution in [0.15, 0.2) is 35.6 Å². The highest BCUT2D eigenvalue weighted by molar-refractivity contribution is 5.44. The highest BCUT2D eigenvalue weighted by atomic mass is 15.1. The van der Waals surface area contributed by atoms with Crippen molar-refractivity contribution in [1.29, 1.82) is 0 Å². The molecule has 1 rings (SSSR count). The highest BCUT2D eigenvalue weighted by Crippen LogP contribution is 2.49. The maximum absolute atomic E-state index is 4.63. The summed E-state index contributed by atoms with van der Waals surface area (Å²) in [6, 6.07) is 0. The molecule has 0 aromatic heterocycles. The van der Waals surface area contributed by atoms with Crippen molar-refractivity contribution < 1.29 is 0 Å². The van der Waals surface area contributed by atoms with Crippen LogP contribution < -0.4 is 0 Å². The molecule has 0 fully saturated rings. The lowest BCUT2D eigenvalue weighted by Crippen LogP contribution is -2.24. The van der Waals surface area contributed by atoms with Gasteiger partial charge in [-0.1, -0.05) is 73.5 Å². The molecule has 0 spiro atoms. The highest BCUT2D eigenvalue weighted by Gasteiger charge is 2.35.